The Bertz CT molecular complexity index is 6.85. The van der Waals surface area contributed by atoms with Crippen molar-refractivity contribution in [1.82, 2.24) is 0 Å². The van der Waals surface area contributed by atoms with E-state index in [1.807, 2.05) is 6.92 Å². The van der Waals surface area contributed by atoms with Crippen molar-refractivity contribution >= 4 is 0 Å². The first kappa shape index (κ1) is 17.6. The van der Waals surface area contributed by atoms with Crippen LogP contribution in [0, 0.1) is 6.92 Å². The monoisotopic (exact) mass is 125 g/mol. The van der Waals surface area contributed by atoms with Crippen LogP contribution in [-0.2, 0) is 19.5 Å². The fourth-order valence-electron chi connectivity index (χ4n) is 0. The minimum Gasteiger partial charge on any atom is -0.412 e. The average Bonchev–Trinajstić information content (AvgIpc) is 0.918. The van der Waals surface area contributed by atoms with Crippen LogP contribution >= 0.6 is 0 Å². The fourth-order valence-corrected chi connectivity index (χ4v) is 0. The molecule has 2 heteroatoms. The minimum atomic E-state index is 0. The third kappa shape index (κ3) is 89.9. The molecule has 0 unspecified atom stereocenters. The third-order valence-corrected chi connectivity index (χ3v) is 0. The zero-order chi connectivity index (χ0) is 2.71. The van der Waals surface area contributed by atoms with E-state index in [0.29, 0.717) is 0 Å². The molecule has 0 heterocycles. The number of hydrogen-bond acceptors (Lipinski definition) is 0. The molecule has 0 aromatic rings. The van der Waals surface area contributed by atoms with Crippen molar-refractivity contribution in [2.24, 2.45) is 0 Å². The second-order valence-corrected chi connectivity index (χ2v) is 0.500. The van der Waals surface area contributed by atoms with Crippen LogP contribution in [0.5, 0.6) is 0 Å². The van der Waals surface area contributed by atoms with E-state index in [1.165, 1.54) is 0 Å². The third-order valence-electron chi connectivity index (χ3n) is 0. The van der Waals surface area contributed by atoms with Crippen molar-refractivity contribution in [3.63, 3.8) is 0 Å². The molecular weight excluding hydrogens is 117 g/mol. The Hall–Kier alpha value is 0.583. The zero-order valence-corrected chi connectivity index (χ0v) is 6.59. The smallest absolute Gasteiger partial charge is 0 e. The Kier molecular flexibility index (Phi) is 82.5. The molecule has 0 radical (unpaired) electrons. The average molecular weight is 126 g/mol. The summed E-state index contributed by atoms with van der Waals surface area (Å²) in [6.45, 7) is 5.50. The molecule has 0 aliphatic heterocycles. The Labute approximate surface area is 45.8 Å². The predicted molar refractivity (Wildman–Crippen MR) is 19.3 cm³/mol. The van der Waals surface area contributed by atoms with Crippen LogP contribution in [-0.4, -0.2) is 5.48 Å². The van der Waals surface area contributed by atoms with Crippen LogP contribution in [0.25, 0.3) is 0 Å². The second kappa shape index (κ2) is 23.5. The molecule has 0 saturated carbocycles. The summed E-state index contributed by atoms with van der Waals surface area (Å²) in [6, 6.07) is 0. The van der Waals surface area contributed by atoms with Crippen LogP contribution in [0.4, 0.5) is 0 Å². The van der Waals surface area contributed by atoms with Gasteiger partial charge in [0.05, 0.1) is 0 Å². The molecule has 0 spiro atoms. The van der Waals surface area contributed by atoms with Crippen molar-refractivity contribution in [2.75, 3.05) is 0 Å². The Morgan fingerprint density at radius 2 is 1.60 bits per heavy atom. The van der Waals surface area contributed by atoms with Gasteiger partial charge in [0.15, 0.2) is 0 Å². The van der Waals surface area contributed by atoms with Crippen LogP contribution in [0.1, 0.15) is 13.3 Å². The first-order valence-corrected chi connectivity index (χ1v) is 1.21. The van der Waals surface area contributed by atoms with Gasteiger partial charge in [-0.3, -0.25) is 0 Å². The van der Waals surface area contributed by atoms with E-state index >= 15 is 0 Å². The van der Waals surface area contributed by atoms with Crippen LogP contribution in [0.3, 0.4) is 0 Å². The summed E-state index contributed by atoms with van der Waals surface area (Å²) in [7, 11) is 0. The largest absolute Gasteiger partial charge is 0.412 e. The van der Waals surface area contributed by atoms with Crippen molar-refractivity contribution in [1.29, 1.82) is 0 Å². The number of hydrogen-bond donors (Lipinski definition) is 0. The minimum absolute atomic E-state index is 0. The maximum Gasteiger partial charge on any atom is 0 e. The molecule has 0 amide bonds. The molecule has 0 aliphatic carbocycles. The first-order valence-electron chi connectivity index (χ1n) is 1.21. The van der Waals surface area contributed by atoms with Gasteiger partial charge in [0.25, 0.3) is 0 Å². The standard InChI is InChI=1S/C3H7.H2O.Zn/c1-3-2;;/h1,3H2,2H3;1H2;/q-1;;. The SMILES string of the molecule is O.[CH2-]CC.[Zn]. The topological polar surface area (TPSA) is 31.5 Å². The molecule has 0 rings (SSSR count). The molecule has 0 aromatic heterocycles. The van der Waals surface area contributed by atoms with Gasteiger partial charge in [0.2, 0.25) is 0 Å². The summed E-state index contributed by atoms with van der Waals surface area (Å²) in [5.41, 5.74) is 0. The van der Waals surface area contributed by atoms with E-state index in [-0.39, 0.29) is 25.0 Å². The summed E-state index contributed by atoms with van der Waals surface area (Å²) in [4.78, 5) is 0. The molecule has 2 N–H and O–H groups in total. The zero-order valence-electron chi connectivity index (χ0n) is 3.62. The maximum atomic E-state index is 3.49. The van der Waals surface area contributed by atoms with Crippen molar-refractivity contribution in [3.8, 4) is 0 Å². The van der Waals surface area contributed by atoms with E-state index in [9.17, 15) is 0 Å². The molecule has 1 nitrogen and oxygen atoms in total. The summed E-state index contributed by atoms with van der Waals surface area (Å²) < 4.78 is 0. The molecule has 5 heavy (non-hydrogen) atoms. The Morgan fingerprint density at radius 3 is 1.60 bits per heavy atom. The van der Waals surface area contributed by atoms with Gasteiger partial charge in [-0.1, -0.05) is 6.92 Å². The molecular formula is C3H9OZn-. The van der Waals surface area contributed by atoms with Gasteiger partial charge < -0.3 is 12.4 Å². The van der Waals surface area contributed by atoms with Crippen LogP contribution < -0.4 is 0 Å². The maximum absolute atomic E-state index is 3.49. The summed E-state index contributed by atoms with van der Waals surface area (Å²) >= 11 is 0. The summed E-state index contributed by atoms with van der Waals surface area (Å²) in [5.74, 6) is 0. The van der Waals surface area contributed by atoms with Gasteiger partial charge in [0, 0.05) is 19.5 Å². The normalized spacial score (nSPS) is 3.60. The van der Waals surface area contributed by atoms with Gasteiger partial charge in [-0.2, -0.15) is 6.42 Å². The van der Waals surface area contributed by atoms with Gasteiger partial charge in [-0.25, -0.2) is 0 Å². The molecule has 0 saturated heterocycles. The molecule has 0 fully saturated rings. The van der Waals surface area contributed by atoms with Crippen molar-refractivity contribution in [2.45, 2.75) is 13.3 Å². The van der Waals surface area contributed by atoms with Crippen LogP contribution in [0.2, 0.25) is 0 Å². The predicted octanol–water partition coefficient (Wildman–Crippen LogP) is 0.403. The van der Waals surface area contributed by atoms with Gasteiger partial charge in [-0.15, -0.1) is 0 Å². The van der Waals surface area contributed by atoms with E-state index in [2.05, 4.69) is 6.92 Å². The molecule has 0 bridgehead atoms. The van der Waals surface area contributed by atoms with Crippen molar-refractivity contribution < 1.29 is 25.0 Å². The molecule has 0 atom stereocenters. The van der Waals surface area contributed by atoms with Gasteiger partial charge in [-0.05, 0) is 0 Å². The van der Waals surface area contributed by atoms with E-state index in [0.717, 1.165) is 6.42 Å². The first-order chi connectivity index (χ1) is 1.41. The Morgan fingerprint density at radius 1 is 1.60 bits per heavy atom. The van der Waals surface area contributed by atoms with Crippen LogP contribution in [0.15, 0.2) is 0 Å². The van der Waals surface area contributed by atoms with E-state index in [4.69, 9.17) is 0 Å². The van der Waals surface area contributed by atoms with Gasteiger partial charge in [0.1, 0.15) is 0 Å². The Balaban J connectivity index is -0.0000000200. The second-order valence-electron chi connectivity index (χ2n) is 0.500. The summed E-state index contributed by atoms with van der Waals surface area (Å²) in [6.07, 6.45) is 1.00. The van der Waals surface area contributed by atoms with Crippen molar-refractivity contribution in [3.05, 3.63) is 6.92 Å². The number of rotatable bonds is 0. The van der Waals surface area contributed by atoms with E-state index in [1.54, 1.807) is 0 Å². The molecule has 30 valence electrons. The quantitative estimate of drug-likeness (QED) is 0.333. The molecule has 0 aromatic carbocycles. The fraction of sp³-hybridized carbons (Fsp3) is 0.667. The summed E-state index contributed by atoms with van der Waals surface area (Å²) in [5, 5.41) is 0. The molecule has 0 aliphatic rings. The van der Waals surface area contributed by atoms with E-state index < -0.39 is 0 Å². The van der Waals surface area contributed by atoms with Gasteiger partial charge >= 0.3 is 0 Å².